The van der Waals surface area contributed by atoms with Gasteiger partial charge in [0.1, 0.15) is 5.82 Å². The highest BCUT2D eigenvalue weighted by Crippen LogP contribution is 2.30. The van der Waals surface area contributed by atoms with Crippen molar-refractivity contribution >= 4 is 27.0 Å². The zero-order valence-corrected chi connectivity index (χ0v) is 21.2. The van der Waals surface area contributed by atoms with Crippen LogP contribution < -0.4 is 4.72 Å². The van der Waals surface area contributed by atoms with Crippen LogP contribution in [-0.2, 0) is 14.8 Å². The lowest BCUT2D eigenvalue weighted by atomic mass is 9.84. The summed E-state index contributed by atoms with van der Waals surface area (Å²) in [5.74, 6) is 2.06. The van der Waals surface area contributed by atoms with Crippen molar-refractivity contribution in [1.82, 2.24) is 19.6 Å². The SMILES string of the molecule is C[C@@H]1C[C@H](C)CN(C(=O)[C@H]2CC[C@H](NS(=O)(=O)c3ccc4[nH]c(-c5ccccc5)nc4c3)CC2)C1. The molecule has 2 aromatic carbocycles. The summed E-state index contributed by atoms with van der Waals surface area (Å²) in [6.07, 6.45) is 3.99. The monoisotopic (exact) mass is 494 g/mol. The number of benzene rings is 2. The molecule has 0 bridgehead atoms. The van der Waals surface area contributed by atoms with E-state index in [0.29, 0.717) is 36.0 Å². The van der Waals surface area contributed by atoms with Crippen molar-refractivity contribution in [3.63, 3.8) is 0 Å². The molecule has 1 aliphatic heterocycles. The van der Waals surface area contributed by atoms with E-state index in [2.05, 4.69) is 28.5 Å². The molecular formula is C27H34N4O3S. The predicted molar refractivity (Wildman–Crippen MR) is 137 cm³/mol. The minimum atomic E-state index is -3.68. The summed E-state index contributed by atoms with van der Waals surface area (Å²) in [5, 5.41) is 0. The zero-order valence-electron chi connectivity index (χ0n) is 20.4. The Morgan fingerprint density at radius 2 is 1.69 bits per heavy atom. The van der Waals surface area contributed by atoms with E-state index in [1.807, 2.05) is 35.2 Å². The molecular weight excluding hydrogens is 460 g/mol. The molecule has 186 valence electrons. The molecule has 2 N–H and O–H groups in total. The van der Waals surface area contributed by atoms with Crippen LogP contribution in [-0.4, -0.2) is 48.3 Å². The van der Waals surface area contributed by atoms with Crippen molar-refractivity contribution in [3.05, 3.63) is 48.5 Å². The second-order valence-electron chi connectivity index (χ2n) is 10.5. The van der Waals surface area contributed by atoms with Crippen LogP contribution in [0, 0.1) is 17.8 Å². The number of carbonyl (C=O) groups excluding carboxylic acids is 1. The predicted octanol–water partition coefficient (Wildman–Crippen LogP) is 4.57. The quantitative estimate of drug-likeness (QED) is 0.543. The van der Waals surface area contributed by atoms with Crippen LogP contribution in [0.15, 0.2) is 53.4 Å². The standard InChI is InChI=1S/C27H34N4O3S/c1-18-14-19(2)17-31(16-18)27(32)21-8-10-22(11-9-21)30-35(33,34)23-12-13-24-25(15-23)29-26(28-24)20-6-4-3-5-7-20/h3-7,12-13,15,18-19,21-22,30H,8-11,14,16-17H2,1-2H3,(H,28,29)/t18-,19+,21-,22-. The van der Waals surface area contributed by atoms with Gasteiger partial charge in [0.05, 0.1) is 15.9 Å². The van der Waals surface area contributed by atoms with E-state index in [1.54, 1.807) is 18.2 Å². The Morgan fingerprint density at radius 3 is 2.37 bits per heavy atom. The Balaban J connectivity index is 1.22. The first-order chi connectivity index (χ1) is 16.8. The van der Waals surface area contributed by atoms with Crippen molar-refractivity contribution in [1.29, 1.82) is 0 Å². The van der Waals surface area contributed by atoms with Crippen molar-refractivity contribution < 1.29 is 13.2 Å². The number of carbonyl (C=O) groups is 1. The van der Waals surface area contributed by atoms with Crippen LogP contribution >= 0.6 is 0 Å². The third-order valence-corrected chi connectivity index (χ3v) is 8.91. The average Bonchev–Trinajstić information content (AvgIpc) is 3.27. The molecule has 3 aromatic rings. The largest absolute Gasteiger partial charge is 0.342 e. The minimum Gasteiger partial charge on any atom is -0.342 e. The molecule has 0 spiro atoms. The van der Waals surface area contributed by atoms with Gasteiger partial charge in [0, 0.05) is 30.6 Å². The Morgan fingerprint density at radius 1 is 1.00 bits per heavy atom. The van der Waals surface area contributed by atoms with Gasteiger partial charge < -0.3 is 9.88 Å². The highest BCUT2D eigenvalue weighted by atomic mass is 32.2. The lowest BCUT2D eigenvalue weighted by molar-refractivity contribution is -0.139. The summed E-state index contributed by atoms with van der Waals surface area (Å²) in [5.41, 5.74) is 2.36. The van der Waals surface area contributed by atoms with Gasteiger partial charge in [0.15, 0.2) is 0 Å². The summed E-state index contributed by atoms with van der Waals surface area (Å²) in [4.78, 5) is 23.2. The number of nitrogens with zero attached hydrogens (tertiary/aromatic N) is 2. The van der Waals surface area contributed by atoms with E-state index in [0.717, 1.165) is 37.0 Å². The highest BCUT2D eigenvalue weighted by Gasteiger charge is 2.34. The maximum absolute atomic E-state index is 13.1. The number of aromatic amines is 1. The molecule has 7 nitrogen and oxygen atoms in total. The number of aromatic nitrogens is 2. The van der Waals surface area contributed by atoms with E-state index >= 15 is 0 Å². The molecule has 2 atom stereocenters. The second-order valence-corrected chi connectivity index (χ2v) is 12.2. The fraction of sp³-hybridized carbons (Fsp3) is 0.481. The number of rotatable bonds is 5. The molecule has 1 saturated heterocycles. The number of piperidine rings is 1. The molecule has 1 saturated carbocycles. The van der Waals surface area contributed by atoms with E-state index in [1.165, 1.54) is 6.42 Å². The summed E-state index contributed by atoms with van der Waals surface area (Å²) >= 11 is 0. The summed E-state index contributed by atoms with van der Waals surface area (Å²) in [7, 11) is -3.68. The van der Waals surface area contributed by atoms with Gasteiger partial charge in [-0.2, -0.15) is 0 Å². The number of amides is 1. The van der Waals surface area contributed by atoms with Crippen LogP contribution in [0.4, 0.5) is 0 Å². The van der Waals surface area contributed by atoms with Crippen LogP contribution in [0.5, 0.6) is 0 Å². The fourth-order valence-corrected chi connectivity index (χ4v) is 7.06. The van der Waals surface area contributed by atoms with Crippen LogP contribution in [0.25, 0.3) is 22.4 Å². The smallest absolute Gasteiger partial charge is 0.240 e. The summed E-state index contributed by atoms with van der Waals surface area (Å²) < 4.78 is 29.1. The molecule has 2 aliphatic rings. The van der Waals surface area contributed by atoms with Gasteiger partial charge in [-0.05, 0) is 62.1 Å². The number of hydrogen-bond acceptors (Lipinski definition) is 4. The van der Waals surface area contributed by atoms with E-state index < -0.39 is 10.0 Å². The fourth-order valence-electron chi connectivity index (χ4n) is 5.73. The molecule has 1 aromatic heterocycles. The number of imidazole rings is 1. The number of H-pyrrole nitrogens is 1. The first kappa shape index (κ1) is 24.0. The Labute approximate surface area is 207 Å². The van der Waals surface area contributed by atoms with Gasteiger partial charge in [0.25, 0.3) is 0 Å². The summed E-state index contributed by atoms with van der Waals surface area (Å²) in [6.45, 7) is 6.11. The molecule has 2 fully saturated rings. The van der Waals surface area contributed by atoms with Gasteiger partial charge in [-0.15, -0.1) is 0 Å². The van der Waals surface area contributed by atoms with Gasteiger partial charge in [-0.3, -0.25) is 4.79 Å². The van der Waals surface area contributed by atoms with Crippen LogP contribution in [0.2, 0.25) is 0 Å². The topological polar surface area (TPSA) is 95.2 Å². The third-order valence-electron chi connectivity index (χ3n) is 7.39. The van der Waals surface area contributed by atoms with E-state index in [4.69, 9.17) is 0 Å². The van der Waals surface area contributed by atoms with E-state index in [9.17, 15) is 13.2 Å². The molecule has 2 heterocycles. The molecule has 0 radical (unpaired) electrons. The molecule has 0 unspecified atom stereocenters. The van der Waals surface area contributed by atoms with Gasteiger partial charge in [-0.25, -0.2) is 18.1 Å². The Bertz CT molecular complexity index is 1290. The van der Waals surface area contributed by atoms with Crippen molar-refractivity contribution in [2.75, 3.05) is 13.1 Å². The Kier molecular flexibility index (Phi) is 6.68. The number of nitrogens with one attached hydrogen (secondary N) is 2. The van der Waals surface area contributed by atoms with Crippen LogP contribution in [0.1, 0.15) is 46.0 Å². The van der Waals surface area contributed by atoms with Crippen molar-refractivity contribution in [2.24, 2.45) is 17.8 Å². The molecule has 5 rings (SSSR count). The van der Waals surface area contributed by atoms with Gasteiger partial charge in [-0.1, -0.05) is 44.2 Å². The first-order valence-electron chi connectivity index (χ1n) is 12.6. The summed E-state index contributed by atoms with van der Waals surface area (Å²) in [6, 6.07) is 14.6. The number of likely N-dealkylation sites (tertiary alicyclic amines) is 1. The minimum absolute atomic E-state index is 0.00469. The maximum atomic E-state index is 13.1. The van der Waals surface area contributed by atoms with E-state index in [-0.39, 0.29) is 22.8 Å². The second kappa shape index (κ2) is 9.74. The van der Waals surface area contributed by atoms with Crippen molar-refractivity contribution in [2.45, 2.75) is 56.9 Å². The van der Waals surface area contributed by atoms with Crippen molar-refractivity contribution in [3.8, 4) is 11.4 Å². The van der Waals surface area contributed by atoms with Gasteiger partial charge >= 0.3 is 0 Å². The molecule has 1 amide bonds. The highest BCUT2D eigenvalue weighted by molar-refractivity contribution is 7.89. The van der Waals surface area contributed by atoms with Gasteiger partial charge in [0.2, 0.25) is 15.9 Å². The third kappa shape index (κ3) is 5.28. The number of sulfonamides is 1. The molecule has 8 heteroatoms. The maximum Gasteiger partial charge on any atom is 0.240 e. The zero-order chi connectivity index (χ0) is 24.6. The lowest BCUT2D eigenvalue weighted by Crippen LogP contribution is -2.47. The average molecular weight is 495 g/mol. The van der Waals surface area contributed by atoms with Crippen LogP contribution in [0.3, 0.4) is 0 Å². The first-order valence-corrected chi connectivity index (χ1v) is 14.1. The molecule has 35 heavy (non-hydrogen) atoms. The number of fused-ring (bicyclic) bond motifs is 1. The molecule has 1 aliphatic carbocycles. The number of hydrogen-bond donors (Lipinski definition) is 2. The lowest BCUT2D eigenvalue weighted by Gasteiger charge is -2.38. The Hall–Kier alpha value is -2.71. The normalized spacial score (nSPS) is 25.6.